The van der Waals surface area contributed by atoms with Crippen LogP contribution < -0.4 is 0 Å². The molecule has 0 spiro atoms. The van der Waals surface area contributed by atoms with Crippen LogP contribution in [0, 0.1) is 12.3 Å². The van der Waals surface area contributed by atoms with Crippen LogP contribution in [0.2, 0.25) is 0 Å². The first-order chi connectivity index (χ1) is 7.06. The number of rotatable bonds is 4. The van der Waals surface area contributed by atoms with Crippen LogP contribution in [-0.4, -0.2) is 26.3 Å². The highest BCUT2D eigenvalue weighted by molar-refractivity contribution is 7.88. The molecule has 1 aromatic rings. The van der Waals surface area contributed by atoms with Crippen LogP contribution in [-0.2, 0) is 15.8 Å². The van der Waals surface area contributed by atoms with Crippen molar-refractivity contribution in [1.29, 1.82) is 0 Å². The molecule has 1 rings (SSSR count). The van der Waals surface area contributed by atoms with Gasteiger partial charge in [-0.25, -0.2) is 8.42 Å². The Balaban J connectivity index is 2.78. The van der Waals surface area contributed by atoms with Crippen LogP contribution in [0.4, 0.5) is 0 Å². The lowest BCUT2D eigenvalue weighted by Gasteiger charge is -2.13. The Morgan fingerprint density at radius 1 is 1.33 bits per heavy atom. The first kappa shape index (κ1) is 11.8. The zero-order valence-corrected chi connectivity index (χ0v) is 9.37. The Morgan fingerprint density at radius 2 is 1.93 bits per heavy atom. The van der Waals surface area contributed by atoms with Crippen molar-refractivity contribution in [2.24, 2.45) is 0 Å². The minimum atomic E-state index is -3.28. The van der Waals surface area contributed by atoms with Crippen molar-refractivity contribution in [3.05, 3.63) is 35.9 Å². The quantitative estimate of drug-likeness (QED) is 0.716. The van der Waals surface area contributed by atoms with Crippen LogP contribution in [0.25, 0.3) is 0 Å². The third kappa shape index (κ3) is 3.39. The molecule has 0 saturated heterocycles. The van der Waals surface area contributed by atoms with Crippen molar-refractivity contribution in [2.45, 2.75) is 5.75 Å². The second-order valence-electron chi connectivity index (χ2n) is 3.20. The lowest BCUT2D eigenvalue weighted by molar-refractivity contribution is 0.502. The number of terminal acetylenes is 1. The molecule has 15 heavy (non-hydrogen) atoms. The van der Waals surface area contributed by atoms with Crippen molar-refractivity contribution in [2.75, 3.05) is 13.6 Å². The van der Waals surface area contributed by atoms with Gasteiger partial charge in [0.25, 0.3) is 0 Å². The van der Waals surface area contributed by atoms with Crippen molar-refractivity contribution < 1.29 is 8.42 Å². The van der Waals surface area contributed by atoms with Gasteiger partial charge >= 0.3 is 0 Å². The fourth-order valence-electron chi connectivity index (χ4n) is 1.12. The Labute approximate surface area is 90.8 Å². The van der Waals surface area contributed by atoms with E-state index in [4.69, 9.17) is 6.42 Å². The van der Waals surface area contributed by atoms with Gasteiger partial charge in [-0.05, 0) is 5.56 Å². The molecule has 1 aromatic carbocycles. The molecule has 3 nitrogen and oxygen atoms in total. The van der Waals surface area contributed by atoms with Gasteiger partial charge in [0, 0.05) is 7.05 Å². The molecule has 0 atom stereocenters. The summed E-state index contributed by atoms with van der Waals surface area (Å²) >= 11 is 0. The summed E-state index contributed by atoms with van der Waals surface area (Å²) in [7, 11) is -1.80. The Kier molecular flexibility index (Phi) is 3.89. The number of nitrogens with zero attached hydrogens (tertiary/aromatic N) is 1. The van der Waals surface area contributed by atoms with Crippen LogP contribution in [0.3, 0.4) is 0 Å². The minimum Gasteiger partial charge on any atom is -0.212 e. The predicted molar refractivity (Wildman–Crippen MR) is 60.5 cm³/mol. The van der Waals surface area contributed by atoms with Gasteiger partial charge in [0.05, 0.1) is 12.3 Å². The van der Waals surface area contributed by atoms with Crippen molar-refractivity contribution in [3.63, 3.8) is 0 Å². The highest BCUT2D eigenvalue weighted by atomic mass is 32.2. The van der Waals surface area contributed by atoms with Gasteiger partial charge in [-0.3, -0.25) is 0 Å². The third-order valence-electron chi connectivity index (χ3n) is 1.98. The molecule has 0 radical (unpaired) electrons. The standard InChI is InChI=1S/C11H13NO2S/c1-3-9-12(2)15(13,14)10-11-7-5-4-6-8-11/h1,4-8H,9-10H2,2H3. The zero-order chi connectivity index (χ0) is 11.3. The van der Waals surface area contributed by atoms with E-state index in [0.717, 1.165) is 5.56 Å². The molecular weight excluding hydrogens is 210 g/mol. The van der Waals surface area contributed by atoms with Crippen LogP contribution >= 0.6 is 0 Å². The van der Waals surface area contributed by atoms with E-state index in [1.165, 1.54) is 11.4 Å². The van der Waals surface area contributed by atoms with Crippen LogP contribution in [0.1, 0.15) is 5.56 Å². The number of hydrogen-bond acceptors (Lipinski definition) is 2. The normalized spacial score (nSPS) is 11.3. The fraction of sp³-hybridized carbons (Fsp3) is 0.273. The zero-order valence-electron chi connectivity index (χ0n) is 8.55. The number of benzene rings is 1. The monoisotopic (exact) mass is 223 g/mol. The van der Waals surface area contributed by atoms with E-state index in [2.05, 4.69) is 5.92 Å². The Bertz CT molecular complexity index is 445. The molecule has 0 aromatic heterocycles. The number of sulfonamides is 1. The predicted octanol–water partition coefficient (Wildman–Crippen LogP) is 1.08. The lowest BCUT2D eigenvalue weighted by Crippen LogP contribution is -2.28. The van der Waals surface area contributed by atoms with Crippen molar-refractivity contribution in [3.8, 4) is 12.3 Å². The van der Waals surface area contributed by atoms with E-state index in [1.54, 1.807) is 12.1 Å². The average Bonchev–Trinajstić information content (AvgIpc) is 2.19. The molecule has 0 N–H and O–H groups in total. The van der Waals surface area contributed by atoms with Crippen molar-refractivity contribution in [1.82, 2.24) is 4.31 Å². The summed E-state index contributed by atoms with van der Waals surface area (Å²) in [5, 5.41) is 0. The smallest absolute Gasteiger partial charge is 0.212 e. The van der Waals surface area contributed by atoms with E-state index in [1.807, 2.05) is 18.2 Å². The molecule has 0 aliphatic rings. The van der Waals surface area contributed by atoms with Gasteiger partial charge in [-0.2, -0.15) is 4.31 Å². The highest BCUT2D eigenvalue weighted by Gasteiger charge is 2.16. The van der Waals surface area contributed by atoms with Crippen LogP contribution in [0.15, 0.2) is 30.3 Å². The van der Waals surface area contributed by atoms with E-state index >= 15 is 0 Å². The van der Waals surface area contributed by atoms with Gasteiger partial charge in [0.1, 0.15) is 0 Å². The molecule has 0 amide bonds. The molecule has 80 valence electrons. The van der Waals surface area contributed by atoms with Crippen molar-refractivity contribution >= 4 is 10.0 Å². The van der Waals surface area contributed by atoms with Gasteiger partial charge in [-0.1, -0.05) is 36.3 Å². The molecule has 0 fully saturated rings. The molecule has 0 aliphatic carbocycles. The molecular formula is C11H13NO2S. The van der Waals surface area contributed by atoms with Gasteiger partial charge in [0.2, 0.25) is 10.0 Å². The largest absolute Gasteiger partial charge is 0.218 e. The summed E-state index contributed by atoms with van der Waals surface area (Å²) in [5.41, 5.74) is 0.765. The van der Waals surface area contributed by atoms with E-state index in [9.17, 15) is 8.42 Å². The molecule has 4 heteroatoms. The second kappa shape index (κ2) is 4.96. The van der Waals surface area contributed by atoms with Gasteiger partial charge < -0.3 is 0 Å². The Morgan fingerprint density at radius 3 is 2.47 bits per heavy atom. The summed E-state index contributed by atoms with van der Waals surface area (Å²) in [4.78, 5) is 0. The summed E-state index contributed by atoms with van der Waals surface area (Å²) in [5.74, 6) is 2.30. The first-order valence-electron chi connectivity index (χ1n) is 4.47. The molecule has 0 saturated carbocycles. The van der Waals surface area contributed by atoms with E-state index in [0.29, 0.717) is 0 Å². The first-order valence-corrected chi connectivity index (χ1v) is 6.08. The Hall–Kier alpha value is -1.31. The average molecular weight is 223 g/mol. The maximum absolute atomic E-state index is 11.7. The third-order valence-corrected chi connectivity index (χ3v) is 3.76. The van der Waals surface area contributed by atoms with Crippen LogP contribution in [0.5, 0.6) is 0 Å². The fourth-order valence-corrected chi connectivity index (χ4v) is 2.23. The summed E-state index contributed by atoms with van der Waals surface area (Å²) < 4.78 is 24.6. The molecule has 0 unspecified atom stereocenters. The van der Waals surface area contributed by atoms with E-state index in [-0.39, 0.29) is 12.3 Å². The molecule has 0 heterocycles. The van der Waals surface area contributed by atoms with E-state index < -0.39 is 10.0 Å². The van der Waals surface area contributed by atoms with Gasteiger partial charge in [-0.15, -0.1) is 6.42 Å². The molecule has 0 bridgehead atoms. The summed E-state index contributed by atoms with van der Waals surface area (Å²) in [6.07, 6.45) is 5.06. The maximum Gasteiger partial charge on any atom is 0.218 e. The van der Waals surface area contributed by atoms with Gasteiger partial charge in [0.15, 0.2) is 0 Å². The highest BCUT2D eigenvalue weighted by Crippen LogP contribution is 2.08. The minimum absolute atomic E-state index is 0.00792. The second-order valence-corrected chi connectivity index (χ2v) is 5.28. The molecule has 0 aliphatic heterocycles. The maximum atomic E-state index is 11.7. The number of hydrogen-bond donors (Lipinski definition) is 0. The lowest BCUT2D eigenvalue weighted by atomic mass is 10.2. The SMILES string of the molecule is C#CCN(C)S(=O)(=O)Cc1ccccc1. The summed E-state index contributed by atoms with van der Waals surface area (Å²) in [6, 6.07) is 9.03. The summed E-state index contributed by atoms with van der Waals surface area (Å²) in [6.45, 7) is 0.106. The topological polar surface area (TPSA) is 37.4 Å².